The van der Waals surface area contributed by atoms with E-state index in [1.54, 1.807) is 0 Å². The van der Waals surface area contributed by atoms with E-state index < -0.39 is 0 Å². The van der Waals surface area contributed by atoms with Crippen LogP contribution in [-0.4, -0.2) is 15.5 Å². The molecule has 5 nitrogen and oxygen atoms in total. The van der Waals surface area contributed by atoms with E-state index in [-0.39, 0.29) is 18.0 Å². The highest BCUT2D eigenvalue weighted by molar-refractivity contribution is 5.91. The first-order chi connectivity index (χ1) is 12.4. The molecule has 0 bridgehead atoms. The Hall–Kier alpha value is -3.21. The van der Waals surface area contributed by atoms with Crippen LogP contribution in [0.4, 0.5) is 5.69 Å². The Labute approximate surface area is 152 Å². The first-order valence-corrected chi connectivity index (χ1v) is 8.43. The molecule has 0 atom stereocenters. The van der Waals surface area contributed by atoms with Gasteiger partial charge >= 0.3 is 0 Å². The van der Waals surface area contributed by atoms with E-state index in [4.69, 9.17) is 0 Å². The van der Waals surface area contributed by atoms with E-state index in [2.05, 4.69) is 10.3 Å². The Bertz CT molecular complexity index is 1000. The molecular weight excluding hydrogens is 326 g/mol. The third kappa shape index (κ3) is 4.06. The number of hydrogen-bond donors (Lipinski definition) is 1. The van der Waals surface area contributed by atoms with Gasteiger partial charge in [-0.2, -0.15) is 0 Å². The Morgan fingerprint density at radius 1 is 1.00 bits per heavy atom. The zero-order chi connectivity index (χ0) is 18.7. The Kier molecular flexibility index (Phi) is 4.98. The summed E-state index contributed by atoms with van der Waals surface area (Å²) in [6.45, 7) is 5.86. The number of nitrogens with one attached hydrogen (secondary N) is 1. The van der Waals surface area contributed by atoms with Crippen LogP contribution in [0.15, 0.2) is 59.7 Å². The summed E-state index contributed by atoms with van der Waals surface area (Å²) >= 11 is 0. The van der Waals surface area contributed by atoms with Crippen LogP contribution in [-0.2, 0) is 11.3 Å². The molecule has 132 valence electrons. The fourth-order valence-corrected chi connectivity index (χ4v) is 2.73. The Morgan fingerprint density at radius 2 is 1.69 bits per heavy atom. The molecule has 0 fully saturated rings. The van der Waals surface area contributed by atoms with Crippen LogP contribution in [0.2, 0.25) is 0 Å². The lowest BCUT2D eigenvalue weighted by Gasteiger charge is -2.10. The van der Waals surface area contributed by atoms with Crippen LogP contribution in [0.1, 0.15) is 16.7 Å². The van der Waals surface area contributed by atoms with Crippen LogP contribution in [0.5, 0.6) is 0 Å². The predicted molar refractivity (Wildman–Crippen MR) is 103 cm³/mol. The van der Waals surface area contributed by atoms with Gasteiger partial charge in [0.05, 0.1) is 12.0 Å². The van der Waals surface area contributed by atoms with E-state index in [1.165, 1.54) is 17.0 Å². The topological polar surface area (TPSA) is 64.0 Å². The van der Waals surface area contributed by atoms with Gasteiger partial charge in [-0.3, -0.25) is 14.2 Å². The smallest absolute Gasteiger partial charge is 0.254 e. The number of aromatic nitrogens is 2. The third-order valence-electron chi connectivity index (χ3n) is 4.20. The van der Waals surface area contributed by atoms with Crippen molar-refractivity contribution in [1.82, 2.24) is 9.55 Å². The average molecular weight is 347 g/mol. The number of hydrogen-bond acceptors (Lipinski definition) is 3. The minimum atomic E-state index is -0.260. The molecule has 0 saturated carbocycles. The number of benzene rings is 2. The molecule has 26 heavy (non-hydrogen) atoms. The van der Waals surface area contributed by atoms with E-state index in [9.17, 15) is 9.59 Å². The molecule has 0 radical (unpaired) electrons. The zero-order valence-corrected chi connectivity index (χ0v) is 15.1. The molecule has 1 amide bonds. The molecule has 0 spiro atoms. The van der Waals surface area contributed by atoms with E-state index in [0.717, 1.165) is 27.9 Å². The summed E-state index contributed by atoms with van der Waals surface area (Å²) in [5, 5.41) is 2.84. The highest BCUT2D eigenvalue weighted by Gasteiger charge is 2.09. The number of anilines is 1. The first-order valence-electron chi connectivity index (χ1n) is 8.43. The van der Waals surface area contributed by atoms with Crippen LogP contribution in [0, 0.1) is 20.8 Å². The van der Waals surface area contributed by atoms with Crippen molar-refractivity contribution in [3.8, 4) is 11.3 Å². The van der Waals surface area contributed by atoms with Gasteiger partial charge in [0.1, 0.15) is 6.54 Å². The van der Waals surface area contributed by atoms with Crippen molar-refractivity contribution >= 4 is 11.6 Å². The van der Waals surface area contributed by atoms with Gasteiger partial charge in [-0.15, -0.1) is 0 Å². The second kappa shape index (κ2) is 7.35. The second-order valence-electron chi connectivity index (χ2n) is 6.47. The van der Waals surface area contributed by atoms with Gasteiger partial charge in [0.2, 0.25) is 5.91 Å². The summed E-state index contributed by atoms with van der Waals surface area (Å²) in [6.07, 6.45) is 1.42. The SMILES string of the molecule is Cc1ccc(-c2cc(=O)n(CC(=O)Nc3ccc(C)cc3C)cn2)cc1. The highest BCUT2D eigenvalue weighted by atomic mass is 16.2. The number of rotatable bonds is 4. The van der Waals surface area contributed by atoms with Gasteiger partial charge in [-0.05, 0) is 32.4 Å². The number of amides is 1. The molecule has 5 heteroatoms. The summed E-state index contributed by atoms with van der Waals surface area (Å²) in [4.78, 5) is 28.9. The van der Waals surface area contributed by atoms with Crippen molar-refractivity contribution in [2.75, 3.05) is 5.32 Å². The van der Waals surface area contributed by atoms with Crippen molar-refractivity contribution in [1.29, 1.82) is 0 Å². The quantitative estimate of drug-likeness (QED) is 0.786. The fourth-order valence-electron chi connectivity index (χ4n) is 2.73. The standard InChI is InChI=1S/C21H21N3O2/c1-14-4-7-17(8-5-14)19-11-21(26)24(13-22-19)12-20(25)23-18-9-6-15(2)10-16(18)3/h4-11,13H,12H2,1-3H3,(H,23,25). The summed E-state index contributed by atoms with van der Waals surface area (Å²) in [5.41, 5.74) is 5.22. The van der Waals surface area contributed by atoms with Crippen molar-refractivity contribution in [3.63, 3.8) is 0 Å². The summed E-state index contributed by atoms with van der Waals surface area (Å²) in [7, 11) is 0. The molecule has 1 N–H and O–H groups in total. The minimum absolute atomic E-state index is 0.0761. The van der Waals surface area contributed by atoms with Crippen molar-refractivity contribution in [2.45, 2.75) is 27.3 Å². The fraction of sp³-hybridized carbons (Fsp3) is 0.190. The zero-order valence-electron chi connectivity index (χ0n) is 15.1. The average Bonchev–Trinajstić information content (AvgIpc) is 2.60. The highest BCUT2D eigenvalue weighted by Crippen LogP contribution is 2.17. The maximum absolute atomic E-state index is 12.3. The molecule has 0 aliphatic carbocycles. The summed E-state index contributed by atoms with van der Waals surface area (Å²) in [6, 6.07) is 15.0. The number of aryl methyl sites for hydroxylation is 3. The molecule has 0 saturated heterocycles. The molecule has 0 aliphatic rings. The maximum Gasteiger partial charge on any atom is 0.254 e. The van der Waals surface area contributed by atoms with Gasteiger partial charge in [0.25, 0.3) is 5.56 Å². The van der Waals surface area contributed by atoms with Gasteiger partial charge in [-0.1, -0.05) is 47.5 Å². The lowest BCUT2D eigenvalue weighted by molar-refractivity contribution is -0.116. The summed E-state index contributed by atoms with van der Waals surface area (Å²) < 4.78 is 1.30. The van der Waals surface area contributed by atoms with Crippen molar-refractivity contribution in [3.05, 3.63) is 81.9 Å². The van der Waals surface area contributed by atoms with Crippen LogP contribution < -0.4 is 10.9 Å². The number of carbonyl (C=O) groups excluding carboxylic acids is 1. The number of nitrogens with zero attached hydrogens (tertiary/aromatic N) is 2. The van der Waals surface area contributed by atoms with Gasteiger partial charge in [0.15, 0.2) is 0 Å². The van der Waals surface area contributed by atoms with Crippen molar-refractivity contribution in [2.24, 2.45) is 0 Å². The Morgan fingerprint density at radius 3 is 2.35 bits per heavy atom. The van der Waals surface area contributed by atoms with Crippen LogP contribution >= 0.6 is 0 Å². The molecule has 2 aromatic carbocycles. The van der Waals surface area contributed by atoms with Crippen molar-refractivity contribution < 1.29 is 4.79 Å². The molecule has 0 unspecified atom stereocenters. The van der Waals surface area contributed by atoms with Gasteiger partial charge < -0.3 is 5.32 Å². The monoisotopic (exact) mass is 347 g/mol. The lowest BCUT2D eigenvalue weighted by atomic mass is 10.1. The third-order valence-corrected chi connectivity index (χ3v) is 4.20. The maximum atomic E-state index is 12.3. The van der Waals surface area contributed by atoms with E-state index in [1.807, 2.05) is 63.2 Å². The molecule has 3 rings (SSSR count). The van der Waals surface area contributed by atoms with Crippen LogP contribution in [0.3, 0.4) is 0 Å². The molecule has 3 aromatic rings. The van der Waals surface area contributed by atoms with E-state index in [0.29, 0.717) is 5.69 Å². The van der Waals surface area contributed by atoms with Crippen LogP contribution in [0.25, 0.3) is 11.3 Å². The largest absolute Gasteiger partial charge is 0.324 e. The number of carbonyl (C=O) groups is 1. The van der Waals surface area contributed by atoms with E-state index >= 15 is 0 Å². The first kappa shape index (κ1) is 17.6. The van der Waals surface area contributed by atoms with Gasteiger partial charge in [-0.25, -0.2) is 4.98 Å². The normalized spacial score (nSPS) is 10.6. The lowest BCUT2D eigenvalue weighted by Crippen LogP contribution is -2.27. The van der Waals surface area contributed by atoms with Gasteiger partial charge in [0, 0.05) is 17.3 Å². The summed E-state index contributed by atoms with van der Waals surface area (Å²) in [5.74, 6) is -0.260. The molecule has 1 aromatic heterocycles. The molecule has 0 aliphatic heterocycles. The molecule has 1 heterocycles. The second-order valence-corrected chi connectivity index (χ2v) is 6.47. The Balaban J connectivity index is 1.74. The molecular formula is C21H21N3O2. The predicted octanol–water partition coefficient (Wildman–Crippen LogP) is 3.47. The minimum Gasteiger partial charge on any atom is -0.324 e.